The molecule has 0 radical (unpaired) electrons. The van der Waals surface area contributed by atoms with Crippen LogP contribution in [-0.2, 0) is 11.3 Å². The van der Waals surface area contributed by atoms with Gasteiger partial charge in [0.1, 0.15) is 0 Å². The molecule has 2 N–H and O–H groups in total. The van der Waals surface area contributed by atoms with Crippen LogP contribution >= 0.6 is 0 Å². The number of carbonyl (C=O) groups is 2. The number of anilines is 2. The zero-order chi connectivity index (χ0) is 19.1. The van der Waals surface area contributed by atoms with Gasteiger partial charge in [-0.05, 0) is 42.0 Å². The number of rotatable bonds is 6. The monoisotopic (exact) mass is 361 g/mol. The molecule has 0 saturated heterocycles. The lowest BCUT2D eigenvalue weighted by Gasteiger charge is -2.11. The van der Waals surface area contributed by atoms with Gasteiger partial charge in [-0.15, -0.1) is 0 Å². The topological polar surface area (TPSA) is 80.3 Å². The first-order chi connectivity index (χ1) is 13.2. The van der Waals surface area contributed by atoms with Gasteiger partial charge in [-0.2, -0.15) is 0 Å². The van der Waals surface area contributed by atoms with Crippen LogP contribution in [0.5, 0.6) is 0 Å². The van der Waals surface area contributed by atoms with Gasteiger partial charge in [0.25, 0.3) is 11.8 Å². The van der Waals surface area contributed by atoms with Gasteiger partial charge in [-0.25, -0.2) is 0 Å². The minimum atomic E-state index is -0.244. The number of hydrogen-bond donors (Lipinski definition) is 2. The van der Waals surface area contributed by atoms with Crippen LogP contribution < -0.4 is 10.6 Å². The molecular formula is C21H19N3O3. The fourth-order valence-electron chi connectivity index (χ4n) is 2.60. The molecule has 27 heavy (non-hydrogen) atoms. The molecule has 0 aliphatic rings. The zero-order valence-electron chi connectivity index (χ0n) is 14.8. The fraction of sp³-hybridized carbons (Fsp3) is 0.0952. The molecule has 0 fully saturated rings. The lowest BCUT2D eigenvalue weighted by molar-refractivity contribution is 0.101. The Balaban J connectivity index is 1.73. The Bertz CT molecular complexity index is 942. The van der Waals surface area contributed by atoms with Crippen LogP contribution in [0.2, 0.25) is 0 Å². The molecule has 0 unspecified atom stereocenters. The average molecular weight is 361 g/mol. The summed E-state index contributed by atoms with van der Waals surface area (Å²) in [5, 5.41) is 5.66. The van der Waals surface area contributed by atoms with Gasteiger partial charge in [0.05, 0.1) is 6.61 Å². The molecule has 2 amide bonds. The number of benzene rings is 2. The first-order valence-electron chi connectivity index (χ1n) is 8.37. The van der Waals surface area contributed by atoms with Crippen LogP contribution in [0, 0.1) is 0 Å². The SMILES string of the molecule is COCc1ccccc1C(=O)Nc1cccc(NC(=O)c2ccncc2)c1. The lowest BCUT2D eigenvalue weighted by atomic mass is 10.1. The van der Waals surface area contributed by atoms with Crippen molar-refractivity contribution in [1.29, 1.82) is 0 Å². The van der Waals surface area contributed by atoms with Crippen molar-refractivity contribution in [3.8, 4) is 0 Å². The van der Waals surface area contributed by atoms with Crippen LogP contribution in [0.4, 0.5) is 11.4 Å². The van der Waals surface area contributed by atoms with Crippen LogP contribution in [0.25, 0.3) is 0 Å². The molecule has 0 saturated carbocycles. The smallest absolute Gasteiger partial charge is 0.256 e. The molecule has 3 aromatic rings. The summed E-state index contributed by atoms with van der Waals surface area (Å²) in [6, 6.07) is 17.5. The maximum atomic E-state index is 12.6. The van der Waals surface area contributed by atoms with Gasteiger partial charge in [-0.1, -0.05) is 24.3 Å². The minimum absolute atomic E-state index is 0.236. The lowest BCUT2D eigenvalue weighted by Crippen LogP contribution is -2.15. The summed E-state index contributed by atoms with van der Waals surface area (Å²) in [6.07, 6.45) is 3.12. The molecular weight excluding hydrogens is 342 g/mol. The first-order valence-corrected chi connectivity index (χ1v) is 8.37. The van der Waals surface area contributed by atoms with Crippen molar-refractivity contribution >= 4 is 23.2 Å². The molecule has 6 nitrogen and oxygen atoms in total. The summed E-state index contributed by atoms with van der Waals surface area (Å²) in [4.78, 5) is 28.7. The molecule has 136 valence electrons. The Labute approximate surface area is 157 Å². The number of aromatic nitrogens is 1. The summed E-state index contributed by atoms with van der Waals surface area (Å²) in [5.74, 6) is -0.480. The largest absolute Gasteiger partial charge is 0.380 e. The van der Waals surface area contributed by atoms with E-state index in [9.17, 15) is 9.59 Å². The van der Waals surface area contributed by atoms with Gasteiger partial charge < -0.3 is 15.4 Å². The number of amides is 2. The highest BCUT2D eigenvalue weighted by Crippen LogP contribution is 2.18. The van der Waals surface area contributed by atoms with Crippen LogP contribution in [0.3, 0.4) is 0 Å². The number of nitrogens with one attached hydrogen (secondary N) is 2. The average Bonchev–Trinajstić information content (AvgIpc) is 2.69. The number of methoxy groups -OCH3 is 1. The van der Waals surface area contributed by atoms with E-state index in [4.69, 9.17) is 4.74 Å². The van der Waals surface area contributed by atoms with Gasteiger partial charge in [0, 0.05) is 42.0 Å². The molecule has 1 aromatic heterocycles. The number of pyridine rings is 1. The van der Waals surface area contributed by atoms with Crippen molar-refractivity contribution in [2.75, 3.05) is 17.7 Å². The molecule has 3 rings (SSSR count). The van der Waals surface area contributed by atoms with E-state index < -0.39 is 0 Å². The number of hydrogen-bond acceptors (Lipinski definition) is 4. The van der Waals surface area contributed by atoms with Crippen molar-refractivity contribution < 1.29 is 14.3 Å². The Kier molecular flexibility index (Phi) is 5.91. The molecule has 0 aliphatic carbocycles. The Hall–Kier alpha value is -3.51. The third-order valence-electron chi connectivity index (χ3n) is 3.88. The van der Waals surface area contributed by atoms with Crippen molar-refractivity contribution in [2.45, 2.75) is 6.61 Å². The number of nitrogens with zero attached hydrogens (tertiary/aromatic N) is 1. The van der Waals surface area contributed by atoms with Crippen LogP contribution in [0.1, 0.15) is 26.3 Å². The van der Waals surface area contributed by atoms with E-state index in [0.717, 1.165) is 5.56 Å². The summed E-state index contributed by atoms with van der Waals surface area (Å²) >= 11 is 0. The van der Waals surface area contributed by atoms with Crippen molar-refractivity contribution in [2.24, 2.45) is 0 Å². The van der Waals surface area contributed by atoms with E-state index in [2.05, 4.69) is 15.6 Å². The van der Waals surface area contributed by atoms with Crippen molar-refractivity contribution in [3.05, 3.63) is 89.7 Å². The van der Waals surface area contributed by atoms with Gasteiger partial charge >= 0.3 is 0 Å². The standard InChI is InChI=1S/C21H19N3O3/c1-27-14-16-5-2-3-8-19(16)21(26)24-18-7-4-6-17(13-18)23-20(25)15-9-11-22-12-10-15/h2-13H,14H2,1H3,(H,23,25)(H,24,26). The zero-order valence-corrected chi connectivity index (χ0v) is 14.8. The molecule has 0 atom stereocenters. The third kappa shape index (κ3) is 4.77. The highest BCUT2D eigenvalue weighted by Gasteiger charge is 2.12. The van der Waals surface area contributed by atoms with Crippen molar-refractivity contribution in [3.63, 3.8) is 0 Å². The van der Waals surface area contributed by atoms with Crippen molar-refractivity contribution in [1.82, 2.24) is 4.98 Å². The van der Waals surface area contributed by atoms with E-state index in [0.29, 0.717) is 29.1 Å². The quantitative estimate of drug-likeness (QED) is 0.701. The van der Waals surface area contributed by atoms with E-state index in [1.54, 1.807) is 68.0 Å². The summed E-state index contributed by atoms with van der Waals surface area (Å²) in [6.45, 7) is 0.353. The van der Waals surface area contributed by atoms with Crippen LogP contribution in [0.15, 0.2) is 73.1 Å². The molecule has 0 spiro atoms. The maximum absolute atomic E-state index is 12.6. The number of ether oxygens (including phenoxy) is 1. The fourth-order valence-corrected chi connectivity index (χ4v) is 2.60. The Morgan fingerprint density at radius 2 is 1.56 bits per heavy atom. The molecule has 6 heteroatoms. The first kappa shape index (κ1) is 18.3. The second-order valence-corrected chi connectivity index (χ2v) is 5.82. The third-order valence-corrected chi connectivity index (χ3v) is 3.88. The summed E-state index contributed by atoms with van der Waals surface area (Å²) < 4.78 is 5.14. The summed E-state index contributed by atoms with van der Waals surface area (Å²) in [7, 11) is 1.59. The van der Waals surface area contributed by atoms with E-state index in [1.807, 2.05) is 12.1 Å². The highest BCUT2D eigenvalue weighted by molar-refractivity contribution is 6.06. The molecule has 0 bridgehead atoms. The van der Waals surface area contributed by atoms with E-state index in [-0.39, 0.29) is 11.8 Å². The minimum Gasteiger partial charge on any atom is -0.380 e. The maximum Gasteiger partial charge on any atom is 0.256 e. The predicted molar refractivity (Wildman–Crippen MR) is 104 cm³/mol. The highest BCUT2D eigenvalue weighted by atomic mass is 16.5. The van der Waals surface area contributed by atoms with Gasteiger partial charge in [0.15, 0.2) is 0 Å². The molecule has 0 aliphatic heterocycles. The Morgan fingerprint density at radius 1 is 0.889 bits per heavy atom. The van der Waals surface area contributed by atoms with E-state index >= 15 is 0 Å². The number of carbonyl (C=O) groups excluding carboxylic acids is 2. The van der Waals surface area contributed by atoms with Crippen LogP contribution in [-0.4, -0.2) is 23.9 Å². The normalized spacial score (nSPS) is 10.3. The van der Waals surface area contributed by atoms with E-state index in [1.165, 1.54) is 0 Å². The van der Waals surface area contributed by atoms with Gasteiger partial charge in [-0.3, -0.25) is 14.6 Å². The molecule has 1 heterocycles. The van der Waals surface area contributed by atoms with Gasteiger partial charge in [0.2, 0.25) is 0 Å². The Morgan fingerprint density at radius 3 is 2.26 bits per heavy atom. The second-order valence-electron chi connectivity index (χ2n) is 5.82. The second kappa shape index (κ2) is 8.73. The predicted octanol–water partition coefficient (Wildman–Crippen LogP) is 3.73. The summed E-state index contributed by atoms with van der Waals surface area (Å²) in [5.41, 5.74) is 3.03. The molecule has 2 aromatic carbocycles.